The van der Waals surface area contributed by atoms with Gasteiger partial charge in [-0.25, -0.2) is 4.39 Å². The van der Waals surface area contributed by atoms with Crippen LogP contribution in [0.4, 0.5) is 15.8 Å². The van der Waals surface area contributed by atoms with Gasteiger partial charge in [-0.05, 0) is 36.2 Å². The van der Waals surface area contributed by atoms with Crippen molar-refractivity contribution in [2.24, 2.45) is 5.92 Å². The van der Waals surface area contributed by atoms with Crippen LogP contribution in [-0.4, -0.2) is 18.4 Å². The lowest BCUT2D eigenvalue weighted by atomic mass is 10.1. The molecular weight excluding hydrogens is 307 g/mol. The zero-order valence-electron chi connectivity index (χ0n) is 13.5. The molecular formula is C19H19FN2O2. The van der Waals surface area contributed by atoms with E-state index in [1.54, 1.807) is 11.0 Å². The molecule has 3 rings (SSSR count). The quantitative estimate of drug-likeness (QED) is 0.936. The van der Waals surface area contributed by atoms with E-state index in [9.17, 15) is 14.0 Å². The molecule has 2 amide bonds. The first-order chi connectivity index (χ1) is 11.6. The van der Waals surface area contributed by atoms with Crippen LogP contribution in [-0.2, 0) is 16.0 Å². The predicted octanol–water partition coefficient (Wildman–Crippen LogP) is 3.38. The van der Waals surface area contributed by atoms with E-state index in [1.165, 1.54) is 18.2 Å². The summed E-state index contributed by atoms with van der Waals surface area (Å²) in [5.74, 6) is -1.17. The minimum absolute atomic E-state index is 0.0599. The highest BCUT2D eigenvalue weighted by atomic mass is 19.1. The third-order valence-corrected chi connectivity index (χ3v) is 4.25. The molecule has 124 valence electrons. The first-order valence-electron chi connectivity index (χ1n) is 8.03. The van der Waals surface area contributed by atoms with Gasteiger partial charge in [0.25, 0.3) is 0 Å². The molecule has 4 nitrogen and oxygen atoms in total. The fraction of sp³-hybridized carbons (Fsp3) is 0.263. The Kier molecular flexibility index (Phi) is 4.60. The molecule has 0 aromatic heterocycles. The normalized spacial score (nSPS) is 17.2. The summed E-state index contributed by atoms with van der Waals surface area (Å²) in [7, 11) is 0. The second kappa shape index (κ2) is 6.83. The summed E-state index contributed by atoms with van der Waals surface area (Å²) >= 11 is 0. The van der Waals surface area contributed by atoms with Gasteiger partial charge in [-0.15, -0.1) is 0 Å². The third-order valence-electron chi connectivity index (χ3n) is 4.25. The Morgan fingerprint density at radius 1 is 1.25 bits per heavy atom. The molecule has 1 aliphatic rings. The second-order valence-corrected chi connectivity index (χ2v) is 5.89. The number of benzene rings is 2. The van der Waals surface area contributed by atoms with E-state index in [0.29, 0.717) is 12.2 Å². The van der Waals surface area contributed by atoms with Gasteiger partial charge >= 0.3 is 0 Å². The van der Waals surface area contributed by atoms with E-state index in [4.69, 9.17) is 0 Å². The van der Waals surface area contributed by atoms with Gasteiger partial charge in [0.15, 0.2) is 0 Å². The van der Waals surface area contributed by atoms with Crippen molar-refractivity contribution in [1.29, 1.82) is 0 Å². The number of hydrogen-bond donors (Lipinski definition) is 1. The van der Waals surface area contributed by atoms with Gasteiger partial charge < -0.3 is 10.2 Å². The van der Waals surface area contributed by atoms with Crippen molar-refractivity contribution in [2.75, 3.05) is 16.8 Å². The minimum atomic E-state index is -0.439. The number of nitrogens with one attached hydrogen (secondary N) is 1. The Bertz CT molecular complexity index is 775. The standard InChI is InChI=1S/C19H19FN2O2/c1-2-13-6-3-4-9-17(13)22-12-14(10-18(22)23)19(24)21-16-8-5-7-15(20)11-16/h3-9,11,14H,2,10,12H2,1H3,(H,21,24). The summed E-state index contributed by atoms with van der Waals surface area (Å²) in [5.41, 5.74) is 2.35. The summed E-state index contributed by atoms with van der Waals surface area (Å²) in [6, 6.07) is 13.5. The van der Waals surface area contributed by atoms with Crippen molar-refractivity contribution >= 4 is 23.2 Å². The summed E-state index contributed by atoms with van der Waals surface area (Å²) < 4.78 is 13.2. The summed E-state index contributed by atoms with van der Waals surface area (Å²) in [6.45, 7) is 2.38. The van der Waals surface area contributed by atoms with Crippen molar-refractivity contribution in [3.63, 3.8) is 0 Å². The van der Waals surface area contributed by atoms with Gasteiger partial charge in [-0.2, -0.15) is 0 Å². The third kappa shape index (κ3) is 3.30. The van der Waals surface area contributed by atoms with Crippen LogP contribution in [0.5, 0.6) is 0 Å². The monoisotopic (exact) mass is 326 g/mol. The Labute approximate surface area is 140 Å². The Morgan fingerprint density at radius 3 is 2.79 bits per heavy atom. The molecule has 1 heterocycles. The zero-order valence-corrected chi connectivity index (χ0v) is 13.5. The highest BCUT2D eigenvalue weighted by molar-refractivity contribution is 6.03. The number of hydrogen-bond acceptors (Lipinski definition) is 2. The number of amides is 2. The van der Waals surface area contributed by atoms with Crippen LogP contribution in [0, 0.1) is 11.7 Å². The van der Waals surface area contributed by atoms with Crippen LogP contribution < -0.4 is 10.2 Å². The molecule has 2 aromatic rings. The van der Waals surface area contributed by atoms with Crippen molar-refractivity contribution in [1.82, 2.24) is 0 Å². The lowest BCUT2D eigenvalue weighted by molar-refractivity contribution is -0.122. The SMILES string of the molecule is CCc1ccccc1N1CC(C(=O)Nc2cccc(F)c2)CC1=O. The maximum Gasteiger partial charge on any atom is 0.229 e. The van der Waals surface area contributed by atoms with Crippen LogP contribution in [0.15, 0.2) is 48.5 Å². The van der Waals surface area contributed by atoms with Gasteiger partial charge in [0.2, 0.25) is 11.8 Å². The fourth-order valence-corrected chi connectivity index (χ4v) is 3.00. The molecule has 1 unspecified atom stereocenters. The largest absolute Gasteiger partial charge is 0.326 e. The lowest BCUT2D eigenvalue weighted by Gasteiger charge is -2.20. The lowest BCUT2D eigenvalue weighted by Crippen LogP contribution is -2.28. The van der Waals surface area contributed by atoms with E-state index >= 15 is 0 Å². The number of aryl methyl sites for hydroxylation is 1. The van der Waals surface area contributed by atoms with Crippen LogP contribution in [0.25, 0.3) is 0 Å². The van der Waals surface area contributed by atoms with Gasteiger partial charge in [0, 0.05) is 24.3 Å². The smallest absolute Gasteiger partial charge is 0.229 e. The molecule has 1 fully saturated rings. The molecule has 0 spiro atoms. The van der Waals surface area contributed by atoms with E-state index in [0.717, 1.165) is 17.7 Å². The number of rotatable bonds is 4. The summed E-state index contributed by atoms with van der Waals surface area (Å²) in [4.78, 5) is 26.4. The fourth-order valence-electron chi connectivity index (χ4n) is 3.00. The van der Waals surface area contributed by atoms with Crippen molar-refractivity contribution in [2.45, 2.75) is 19.8 Å². The number of halogens is 1. The minimum Gasteiger partial charge on any atom is -0.326 e. The zero-order chi connectivity index (χ0) is 17.1. The molecule has 1 N–H and O–H groups in total. The molecule has 5 heteroatoms. The number of para-hydroxylation sites is 1. The van der Waals surface area contributed by atoms with E-state index < -0.39 is 11.7 Å². The Morgan fingerprint density at radius 2 is 2.04 bits per heavy atom. The van der Waals surface area contributed by atoms with Gasteiger partial charge in [-0.3, -0.25) is 9.59 Å². The van der Waals surface area contributed by atoms with E-state index in [1.807, 2.05) is 31.2 Å². The molecule has 0 bridgehead atoms. The molecule has 1 saturated heterocycles. The van der Waals surface area contributed by atoms with Gasteiger partial charge in [0.05, 0.1) is 5.92 Å². The number of nitrogens with zero attached hydrogens (tertiary/aromatic N) is 1. The average molecular weight is 326 g/mol. The van der Waals surface area contributed by atoms with E-state index in [-0.39, 0.29) is 18.2 Å². The van der Waals surface area contributed by atoms with Crippen molar-refractivity contribution < 1.29 is 14.0 Å². The van der Waals surface area contributed by atoms with E-state index in [2.05, 4.69) is 5.32 Å². The molecule has 1 aliphatic heterocycles. The number of anilines is 2. The average Bonchev–Trinajstić information content (AvgIpc) is 2.96. The molecule has 2 aromatic carbocycles. The predicted molar refractivity (Wildman–Crippen MR) is 91.3 cm³/mol. The number of carbonyl (C=O) groups excluding carboxylic acids is 2. The van der Waals surface area contributed by atoms with Crippen molar-refractivity contribution in [3.8, 4) is 0 Å². The summed E-state index contributed by atoms with van der Waals surface area (Å²) in [5, 5.41) is 2.69. The number of carbonyl (C=O) groups is 2. The van der Waals surface area contributed by atoms with Gasteiger partial charge in [0.1, 0.15) is 5.82 Å². The maximum absolute atomic E-state index is 13.2. The first kappa shape index (κ1) is 16.2. The first-order valence-corrected chi connectivity index (χ1v) is 8.03. The van der Waals surface area contributed by atoms with Gasteiger partial charge in [-0.1, -0.05) is 31.2 Å². The van der Waals surface area contributed by atoms with Crippen LogP contribution in [0.1, 0.15) is 18.9 Å². The van der Waals surface area contributed by atoms with Crippen LogP contribution in [0.3, 0.4) is 0 Å². The van der Waals surface area contributed by atoms with Crippen LogP contribution >= 0.6 is 0 Å². The summed E-state index contributed by atoms with van der Waals surface area (Å²) in [6.07, 6.45) is 0.985. The topological polar surface area (TPSA) is 49.4 Å². The molecule has 0 aliphatic carbocycles. The Balaban J connectivity index is 1.73. The molecule has 0 saturated carbocycles. The second-order valence-electron chi connectivity index (χ2n) is 5.89. The highest BCUT2D eigenvalue weighted by Crippen LogP contribution is 2.29. The molecule has 24 heavy (non-hydrogen) atoms. The Hall–Kier alpha value is -2.69. The molecule has 1 atom stereocenters. The van der Waals surface area contributed by atoms with Crippen molar-refractivity contribution in [3.05, 3.63) is 59.9 Å². The maximum atomic E-state index is 13.2. The van der Waals surface area contributed by atoms with Crippen LogP contribution in [0.2, 0.25) is 0 Å². The highest BCUT2D eigenvalue weighted by Gasteiger charge is 2.35. The molecule has 0 radical (unpaired) electrons.